The van der Waals surface area contributed by atoms with Gasteiger partial charge in [-0.15, -0.1) is 0 Å². The van der Waals surface area contributed by atoms with Crippen LogP contribution in [0.2, 0.25) is 0 Å². The van der Waals surface area contributed by atoms with Crippen LogP contribution in [0.3, 0.4) is 0 Å². The first kappa shape index (κ1) is 19.1. The van der Waals surface area contributed by atoms with E-state index in [9.17, 15) is 13.2 Å². The molecule has 0 N–H and O–H groups in total. The molecule has 1 aromatic carbocycles. The molecule has 0 bridgehead atoms. The maximum absolute atomic E-state index is 12.5. The molecule has 0 saturated heterocycles. The Morgan fingerprint density at radius 2 is 1.76 bits per heavy atom. The third kappa shape index (κ3) is 4.85. The van der Waals surface area contributed by atoms with Gasteiger partial charge in [0.2, 0.25) is 0 Å². The van der Waals surface area contributed by atoms with E-state index in [1.54, 1.807) is 55.1 Å². The van der Waals surface area contributed by atoms with Crippen LogP contribution >= 0.6 is 0 Å². The van der Waals surface area contributed by atoms with Crippen LogP contribution in [0.1, 0.15) is 43.8 Å². The third-order valence-corrected chi connectivity index (χ3v) is 5.26. The monoisotopic (exact) mass is 365 g/mol. The van der Waals surface area contributed by atoms with E-state index in [1.165, 1.54) is 6.26 Å². The highest BCUT2D eigenvalue weighted by molar-refractivity contribution is 7.87. The van der Waals surface area contributed by atoms with Gasteiger partial charge in [-0.3, -0.25) is 4.79 Å². The summed E-state index contributed by atoms with van der Waals surface area (Å²) in [5.74, 6) is 0.352. The van der Waals surface area contributed by atoms with E-state index in [0.717, 1.165) is 5.56 Å². The maximum atomic E-state index is 12.5. The Kier molecular flexibility index (Phi) is 5.89. The zero-order valence-electron chi connectivity index (χ0n) is 14.8. The molecule has 0 unspecified atom stereocenters. The van der Waals surface area contributed by atoms with Crippen LogP contribution in [-0.4, -0.2) is 30.5 Å². The molecule has 136 valence electrons. The Hall–Kier alpha value is -2.28. The number of nitrogens with zero attached hydrogens (tertiary/aromatic N) is 1. The molecule has 1 amide bonds. The van der Waals surface area contributed by atoms with Gasteiger partial charge in [-0.05, 0) is 57.5 Å². The number of hydrogen-bond acceptors (Lipinski definition) is 5. The number of rotatable bonds is 7. The molecular weight excluding hydrogens is 342 g/mol. The van der Waals surface area contributed by atoms with Crippen molar-refractivity contribution in [2.75, 3.05) is 0 Å². The Morgan fingerprint density at radius 3 is 2.24 bits per heavy atom. The van der Waals surface area contributed by atoms with Crippen LogP contribution in [0.5, 0.6) is 5.75 Å². The molecule has 1 heterocycles. The van der Waals surface area contributed by atoms with Crippen LogP contribution in [-0.2, 0) is 16.7 Å². The number of benzene rings is 1. The fourth-order valence-corrected chi connectivity index (χ4v) is 2.68. The molecule has 0 radical (unpaired) electrons. The second-order valence-electron chi connectivity index (χ2n) is 6.27. The molecule has 0 spiro atoms. The molecule has 0 atom stereocenters. The fourth-order valence-electron chi connectivity index (χ4n) is 2.11. The van der Waals surface area contributed by atoms with Crippen LogP contribution in [0.15, 0.2) is 47.1 Å². The molecule has 1 aromatic heterocycles. The molecule has 2 aromatic rings. The van der Waals surface area contributed by atoms with Crippen LogP contribution in [0.25, 0.3) is 0 Å². The second kappa shape index (κ2) is 7.74. The first-order valence-electron chi connectivity index (χ1n) is 8.07. The number of carbonyl (C=O) groups is 1. The summed E-state index contributed by atoms with van der Waals surface area (Å²) in [5, 5.41) is -0.616. The summed E-state index contributed by atoms with van der Waals surface area (Å²) in [6.45, 7) is 7.35. The van der Waals surface area contributed by atoms with Gasteiger partial charge in [0.25, 0.3) is 5.91 Å². The lowest BCUT2D eigenvalue weighted by molar-refractivity contribution is 0.0657. The van der Waals surface area contributed by atoms with Gasteiger partial charge in [0, 0.05) is 12.6 Å². The Balaban J connectivity index is 2.12. The number of amides is 1. The molecule has 7 heteroatoms. The van der Waals surface area contributed by atoms with E-state index in [1.807, 2.05) is 13.8 Å². The van der Waals surface area contributed by atoms with Crippen molar-refractivity contribution in [1.29, 1.82) is 0 Å². The van der Waals surface area contributed by atoms with Gasteiger partial charge in [-0.2, -0.15) is 8.42 Å². The molecule has 0 saturated carbocycles. The van der Waals surface area contributed by atoms with Gasteiger partial charge in [0.15, 0.2) is 5.76 Å². The molecule has 0 aliphatic carbocycles. The topological polar surface area (TPSA) is 76.8 Å². The number of furan rings is 1. The highest BCUT2D eigenvalue weighted by Gasteiger charge is 2.22. The average molecular weight is 365 g/mol. The lowest BCUT2D eigenvalue weighted by Crippen LogP contribution is -2.36. The quantitative estimate of drug-likeness (QED) is 0.703. The summed E-state index contributed by atoms with van der Waals surface area (Å²) in [6, 6.07) is 9.95. The summed E-state index contributed by atoms with van der Waals surface area (Å²) >= 11 is 0. The standard InChI is InChI=1S/C18H23NO5S/c1-13(2)19(18(20)17-6-5-11-23-17)12-15-7-9-16(10-8-15)24-25(21,22)14(3)4/h5-11,13-14H,12H2,1-4H3. The van der Waals surface area contributed by atoms with E-state index in [2.05, 4.69) is 0 Å². The maximum Gasteiger partial charge on any atom is 0.311 e. The van der Waals surface area contributed by atoms with Crippen molar-refractivity contribution >= 4 is 16.0 Å². The van der Waals surface area contributed by atoms with Crippen molar-refractivity contribution in [2.24, 2.45) is 0 Å². The lowest BCUT2D eigenvalue weighted by Gasteiger charge is -2.26. The highest BCUT2D eigenvalue weighted by Crippen LogP contribution is 2.19. The van der Waals surface area contributed by atoms with Gasteiger partial charge in [-0.25, -0.2) is 0 Å². The molecule has 0 aliphatic heterocycles. The minimum absolute atomic E-state index is 0.0187. The van der Waals surface area contributed by atoms with Crippen LogP contribution in [0.4, 0.5) is 0 Å². The Labute approximate surface area is 148 Å². The Morgan fingerprint density at radius 1 is 1.12 bits per heavy atom. The molecular formula is C18H23NO5S. The summed E-state index contributed by atoms with van der Waals surface area (Å²) < 4.78 is 33.8. The largest absolute Gasteiger partial charge is 0.459 e. The number of carbonyl (C=O) groups excluding carboxylic acids is 1. The van der Waals surface area contributed by atoms with E-state index < -0.39 is 15.4 Å². The predicted octanol–water partition coefficient (Wildman–Crippen LogP) is 3.45. The smallest absolute Gasteiger partial charge is 0.311 e. The van der Waals surface area contributed by atoms with E-state index in [0.29, 0.717) is 6.54 Å². The molecule has 0 fully saturated rings. The van der Waals surface area contributed by atoms with Crippen molar-refractivity contribution in [3.63, 3.8) is 0 Å². The van der Waals surface area contributed by atoms with Crippen molar-refractivity contribution in [3.05, 3.63) is 54.0 Å². The van der Waals surface area contributed by atoms with Crippen LogP contribution in [0, 0.1) is 0 Å². The van der Waals surface area contributed by atoms with E-state index >= 15 is 0 Å². The average Bonchev–Trinajstić information content (AvgIpc) is 3.07. The zero-order valence-corrected chi connectivity index (χ0v) is 15.6. The van der Waals surface area contributed by atoms with Gasteiger partial charge in [0.1, 0.15) is 5.75 Å². The first-order valence-corrected chi connectivity index (χ1v) is 9.54. The zero-order chi connectivity index (χ0) is 18.6. The summed E-state index contributed by atoms with van der Waals surface area (Å²) in [5.41, 5.74) is 0.864. The van der Waals surface area contributed by atoms with E-state index in [4.69, 9.17) is 8.60 Å². The van der Waals surface area contributed by atoms with Crippen molar-refractivity contribution in [2.45, 2.75) is 45.5 Å². The number of hydrogen-bond donors (Lipinski definition) is 0. The minimum Gasteiger partial charge on any atom is -0.459 e. The lowest BCUT2D eigenvalue weighted by atomic mass is 10.1. The summed E-state index contributed by atoms with van der Waals surface area (Å²) in [6.07, 6.45) is 1.47. The molecule has 2 rings (SSSR count). The normalized spacial score (nSPS) is 11.8. The van der Waals surface area contributed by atoms with Crippen molar-refractivity contribution < 1.29 is 21.8 Å². The Bertz CT molecular complexity index is 793. The first-order chi connectivity index (χ1) is 11.7. The van der Waals surface area contributed by atoms with Gasteiger partial charge >= 0.3 is 10.1 Å². The summed E-state index contributed by atoms with van der Waals surface area (Å²) in [7, 11) is -3.62. The molecule has 0 aliphatic rings. The molecule has 25 heavy (non-hydrogen) atoms. The minimum atomic E-state index is -3.62. The van der Waals surface area contributed by atoms with Crippen LogP contribution < -0.4 is 4.18 Å². The fraction of sp³-hybridized carbons (Fsp3) is 0.389. The van der Waals surface area contributed by atoms with Crippen molar-refractivity contribution in [3.8, 4) is 5.75 Å². The second-order valence-corrected chi connectivity index (χ2v) is 8.37. The van der Waals surface area contributed by atoms with Gasteiger partial charge in [-0.1, -0.05) is 12.1 Å². The van der Waals surface area contributed by atoms with E-state index in [-0.39, 0.29) is 23.5 Å². The van der Waals surface area contributed by atoms with Gasteiger partial charge < -0.3 is 13.5 Å². The predicted molar refractivity (Wildman–Crippen MR) is 94.8 cm³/mol. The third-order valence-electron chi connectivity index (χ3n) is 3.68. The summed E-state index contributed by atoms with van der Waals surface area (Å²) in [4.78, 5) is 14.2. The molecule has 6 nitrogen and oxygen atoms in total. The van der Waals surface area contributed by atoms with Gasteiger partial charge in [0.05, 0.1) is 11.5 Å². The highest BCUT2D eigenvalue weighted by atomic mass is 32.2. The SMILES string of the molecule is CC(C)N(Cc1ccc(OS(=O)(=O)C(C)C)cc1)C(=O)c1ccco1. The van der Waals surface area contributed by atoms with Crippen molar-refractivity contribution in [1.82, 2.24) is 4.90 Å².